The molecule has 4 heterocycles. The van der Waals surface area contributed by atoms with Crippen LogP contribution >= 0.6 is 0 Å². The second-order valence-electron chi connectivity index (χ2n) is 25.9. The number of hydrogen-bond acceptors (Lipinski definition) is 8. The number of carbonyl (C=O) groups excluding carboxylic acids is 1. The van der Waals surface area contributed by atoms with Crippen LogP contribution in [0.5, 0.6) is 0 Å². The summed E-state index contributed by atoms with van der Waals surface area (Å²) >= 11 is 0. The number of nitrogens with one attached hydrogen (secondary N) is 1. The molecule has 2 atom stereocenters. The number of allylic oxidation sites excluding steroid dienone is 7. The normalized spacial score (nSPS) is 23.0. The van der Waals surface area contributed by atoms with E-state index in [1.165, 1.54) is 25.7 Å². The molecule has 0 amide bonds. The average molecular weight is 978 g/mol. The van der Waals surface area contributed by atoms with Gasteiger partial charge in [0, 0.05) is 64.2 Å². The van der Waals surface area contributed by atoms with Crippen molar-refractivity contribution >= 4 is 53.9 Å². The number of anilines is 1. The molecular weight excluding hydrogens is 890 g/mol. The van der Waals surface area contributed by atoms with Gasteiger partial charge in [-0.3, -0.25) is 10.2 Å². The number of benzene rings is 2. The Balaban J connectivity index is 1.32. The molecule has 1 aliphatic carbocycles. The zero-order valence-corrected chi connectivity index (χ0v) is 47.5. The van der Waals surface area contributed by atoms with E-state index in [0.29, 0.717) is 40.4 Å². The molecule has 0 bridgehead atoms. The number of hydrogen-bond donors (Lipinski definition) is 1. The van der Waals surface area contributed by atoms with Crippen molar-refractivity contribution in [3.8, 4) is 6.07 Å². The largest absolute Gasteiger partial charge is 0.494 e. The molecule has 9 nitrogen and oxygen atoms in total. The Labute approximate surface area is 435 Å². The quantitative estimate of drug-likeness (QED) is 0.0491. The molecule has 0 spiro atoms. The first-order chi connectivity index (χ1) is 33.5. The SMILES string of the molecule is CC(C)CCCC(C)CCN1/C(=C/C2=C(C(=C=N)C#N)C(=C/C3=[N+](CCC(C)CCCC(C)C)c4ccc(B5OC(C)(C)C(C)(C)O5)cc4C3(C)C)/C2=O)C(C)(C)c2cc(B3OC(C)(C)C(C)(C)O3)ccc21. The lowest BCUT2D eigenvalue weighted by molar-refractivity contribution is -0.439. The first-order valence-electron chi connectivity index (χ1n) is 27.3. The second kappa shape index (κ2) is 20.4. The molecule has 0 radical (unpaired) electrons. The van der Waals surface area contributed by atoms with Gasteiger partial charge in [-0.15, -0.1) is 0 Å². The maximum Gasteiger partial charge on any atom is 0.494 e. The van der Waals surface area contributed by atoms with E-state index in [0.717, 1.165) is 83.6 Å². The Hall–Kier alpha value is -4.29. The van der Waals surface area contributed by atoms with Crippen LogP contribution in [0.4, 0.5) is 11.4 Å². The molecule has 2 fully saturated rings. The highest BCUT2D eigenvalue weighted by molar-refractivity contribution is 6.62. The average Bonchev–Trinajstić information content (AvgIpc) is 3.83. The van der Waals surface area contributed by atoms with E-state index >= 15 is 4.79 Å². The molecule has 11 heteroatoms. The van der Waals surface area contributed by atoms with E-state index in [-0.39, 0.29) is 11.4 Å². The van der Waals surface area contributed by atoms with Gasteiger partial charge in [-0.25, -0.2) is 0 Å². The number of Topliss-reactive ketones (excluding diaryl/α,β-unsaturated/α-hetero) is 1. The van der Waals surface area contributed by atoms with Crippen molar-refractivity contribution in [2.24, 2.45) is 23.7 Å². The highest BCUT2D eigenvalue weighted by Gasteiger charge is 2.55. The van der Waals surface area contributed by atoms with Gasteiger partial charge in [0.25, 0.3) is 0 Å². The molecular formula is C61H87B2N4O5+. The number of nitrogens with zero attached hydrogens (tertiary/aromatic N) is 3. The molecule has 2 aromatic carbocycles. The van der Waals surface area contributed by atoms with Gasteiger partial charge in [0.15, 0.2) is 11.5 Å². The van der Waals surface area contributed by atoms with Gasteiger partial charge in [-0.1, -0.05) is 118 Å². The number of ketones is 1. The van der Waals surface area contributed by atoms with Gasteiger partial charge in [0.2, 0.25) is 5.69 Å². The third kappa shape index (κ3) is 10.5. The Morgan fingerprint density at radius 1 is 0.681 bits per heavy atom. The van der Waals surface area contributed by atoms with Crippen LogP contribution in [-0.2, 0) is 34.2 Å². The van der Waals surface area contributed by atoms with Gasteiger partial charge in [0.1, 0.15) is 18.2 Å². The predicted octanol–water partition coefficient (Wildman–Crippen LogP) is 12.6. The minimum absolute atomic E-state index is 0.0525. The van der Waals surface area contributed by atoms with Crippen molar-refractivity contribution in [3.05, 3.63) is 87.7 Å². The summed E-state index contributed by atoms with van der Waals surface area (Å²) in [5, 5.41) is 19.1. The highest BCUT2D eigenvalue weighted by Crippen LogP contribution is 2.51. The molecule has 1 N–H and O–H groups in total. The Kier molecular flexibility index (Phi) is 15.7. The topological polar surface area (TPSA) is 108 Å². The first-order valence-corrected chi connectivity index (χ1v) is 27.3. The van der Waals surface area contributed by atoms with Gasteiger partial charge >= 0.3 is 14.2 Å². The van der Waals surface area contributed by atoms with Gasteiger partial charge in [-0.2, -0.15) is 9.84 Å². The molecule has 386 valence electrons. The zero-order chi connectivity index (χ0) is 53.1. The number of rotatable bonds is 19. The van der Waals surface area contributed by atoms with Crippen molar-refractivity contribution in [1.82, 2.24) is 0 Å². The first kappa shape index (κ1) is 55.5. The summed E-state index contributed by atoms with van der Waals surface area (Å²) in [5.74, 6) is 4.70. The molecule has 0 aromatic heterocycles. The second-order valence-corrected chi connectivity index (χ2v) is 25.9. The number of fused-ring (bicyclic) bond motifs is 2. The summed E-state index contributed by atoms with van der Waals surface area (Å²) in [7, 11) is -1.04. The smallest absolute Gasteiger partial charge is 0.399 e. The Bertz CT molecular complexity index is 2640. The van der Waals surface area contributed by atoms with E-state index < -0.39 is 47.5 Å². The molecule has 2 unspecified atom stereocenters. The molecule has 2 saturated heterocycles. The van der Waals surface area contributed by atoms with Crippen LogP contribution in [-0.4, -0.2) is 71.7 Å². The minimum Gasteiger partial charge on any atom is -0.399 e. The predicted molar refractivity (Wildman–Crippen MR) is 298 cm³/mol. The third-order valence-electron chi connectivity index (χ3n) is 17.6. The van der Waals surface area contributed by atoms with Crippen LogP contribution < -0.4 is 15.8 Å². The lowest BCUT2D eigenvalue weighted by atomic mass is 9.71. The van der Waals surface area contributed by atoms with Crippen molar-refractivity contribution in [3.63, 3.8) is 0 Å². The van der Waals surface area contributed by atoms with Gasteiger partial charge < -0.3 is 23.5 Å². The van der Waals surface area contributed by atoms with E-state index in [1.807, 2.05) is 12.2 Å². The van der Waals surface area contributed by atoms with Crippen LogP contribution in [0.1, 0.15) is 187 Å². The summed E-state index contributed by atoms with van der Waals surface area (Å²) < 4.78 is 28.6. The van der Waals surface area contributed by atoms with E-state index in [4.69, 9.17) is 24.0 Å². The zero-order valence-electron chi connectivity index (χ0n) is 47.5. The van der Waals surface area contributed by atoms with Gasteiger partial charge in [-0.05, 0) is 134 Å². The van der Waals surface area contributed by atoms with E-state index in [1.54, 1.807) is 0 Å². The molecule has 7 rings (SSSR count). The van der Waals surface area contributed by atoms with Crippen LogP contribution in [0.15, 0.2) is 76.5 Å². The van der Waals surface area contributed by atoms with E-state index in [9.17, 15) is 5.26 Å². The van der Waals surface area contributed by atoms with Crippen LogP contribution in [0.3, 0.4) is 0 Å². The van der Waals surface area contributed by atoms with Crippen molar-refractivity contribution in [1.29, 1.82) is 10.7 Å². The summed E-state index contributed by atoms with van der Waals surface area (Å²) in [6.45, 7) is 40.9. The molecule has 4 aliphatic heterocycles. The molecule has 0 saturated carbocycles. The summed E-state index contributed by atoms with van der Waals surface area (Å²) in [6, 6.07) is 15.4. The maximum absolute atomic E-state index is 15.1. The van der Waals surface area contributed by atoms with Crippen molar-refractivity contribution in [2.75, 3.05) is 18.0 Å². The highest BCUT2D eigenvalue weighted by atomic mass is 16.7. The van der Waals surface area contributed by atoms with Crippen molar-refractivity contribution in [2.45, 2.75) is 209 Å². The lowest BCUT2D eigenvalue weighted by Gasteiger charge is -2.32. The maximum atomic E-state index is 15.1. The molecule has 5 aliphatic rings. The third-order valence-corrected chi connectivity index (χ3v) is 17.6. The minimum atomic E-state index is -0.531. The fourth-order valence-electron chi connectivity index (χ4n) is 11.2. The summed E-state index contributed by atoms with van der Waals surface area (Å²) in [6.07, 6.45) is 13.2. The summed E-state index contributed by atoms with van der Waals surface area (Å²) in [4.78, 5) is 17.5. The van der Waals surface area contributed by atoms with E-state index in [2.05, 4.69) is 182 Å². The lowest BCUT2D eigenvalue weighted by Crippen LogP contribution is -2.41. The van der Waals surface area contributed by atoms with Gasteiger partial charge in [0.05, 0.1) is 27.8 Å². The Morgan fingerprint density at radius 2 is 1.18 bits per heavy atom. The molecule has 72 heavy (non-hydrogen) atoms. The monoisotopic (exact) mass is 978 g/mol. The van der Waals surface area contributed by atoms with Crippen LogP contribution in [0.25, 0.3) is 0 Å². The molecule has 2 aromatic rings. The van der Waals surface area contributed by atoms with Crippen LogP contribution in [0, 0.1) is 40.4 Å². The summed E-state index contributed by atoms with van der Waals surface area (Å²) in [5.41, 5.74) is 6.80. The number of nitriles is 1. The Morgan fingerprint density at radius 3 is 1.68 bits per heavy atom. The number of carbonyl (C=O) groups is 1. The standard InChI is InChI=1S/C61H87B2N4O5/c1-39(2)21-19-23-41(5)29-31-66-50-27-25-44(62-69-58(11,12)59(13,14)70-62)33-48(50)56(7,8)52(66)35-46-54(43(37-64)38-65)47(55(46)68)36-53-57(9,10)49-34-45(63-71-60(15,16)61(17,18)72-63)26-28-51(49)67(53)32-30-42(6)24-20-22-40(3)4/h25-28,33-36,39-42,64H,19-24,29-32H2,1-18H3/q+1. The fourth-order valence-corrected chi connectivity index (χ4v) is 11.2. The fraction of sp³-hybridized carbons (Fsp3) is 0.623. The van der Waals surface area contributed by atoms with Crippen molar-refractivity contribution < 1.29 is 28.0 Å². The van der Waals surface area contributed by atoms with Crippen LogP contribution in [0.2, 0.25) is 0 Å².